The maximum absolute atomic E-state index is 11.9. The number of pyridine rings is 1. The fraction of sp³-hybridized carbons (Fsp3) is 0.200. The van der Waals surface area contributed by atoms with Gasteiger partial charge in [0.2, 0.25) is 5.91 Å². The summed E-state index contributed by atoms with van der Waals surface area (Å²) < 4.78 is 5.24. The first kappa shape index (κ1) is 14.3. The number of halogens is 1. The molecule has 0 spiro atoms. The van der Waals surface area contributed by atoms with Gasteiger partial charge in [-0.15, -0.1) is 0 Å². The quantitative estimate of drug-likeness (QED) is 0.940. The molecule has 2 aromatic rings. The van der Waals surface area contributed by atoms with E-state index in [1.165, 1.54) is 6.20 Å². The van der Waals surface area contributed by atoms with Crippen LogP contribution in [0.5, 0.6) is 5.75 Å². The third-order valence-electron chi connectivity index (χ3n) is 2.83. The number of amides is 1. The Kier molecular flexibility index (Phi) is 4.58. The van der Waals surface area contributed by atoms with Crippen LogP contribution in [0, 0.1) is 6.92 Å². The lowest BCUT2D eigenvalue weighted by Crippen LogP contribution is -2.15. The number of rotatable bonds is 4. The second-order valence-corrected chi connectivity index (χ2v) is 4.83. The van der Waals surface area contributed by atoms with E-state index in [2.05, 4.69) is 10.3 Å². The van der Waals surface area contributed by atoms with Gasteiger partial charge in [0.1, 0.15) is 11.6 Å². The number of aryl methyl sites for hydroxylation is 1. The van der Waals surface area contributed by atoms with Gasteiger partial charge in [0.05, 0.1) is 18.6 Å². The first-order chi connectivity index (χ1) is 9.58. The Morgan fingerprint density at radius 2 is 2.15 bits per heavy atom. The molecule has 4 nitrogen and oxygen atoms in total. The van der Waals surface area contributed by atoms with Crippen molar-refractivity contribution in [1.82, 2.24) is 4.98 Å². The maximum atomic E-state index is 11.9. The van der Waals surface area contributed by atoms with Crippen LogP contribution in [-0.2, 0) is 11.2 Å². The van der Waals surface area contributed by atoms with Crippen LogP contribution in [0.3, 0.4) is 0 Å². The van der Waals surface area contributed by atoms with Crippen LogP contribution < -0.4 is 10.1 Å². The van der Waals surface area contributed by atoms with E-state index in [9.17, 15) is 4.79 Å². The van der Waals surface area contributed by atoms with E-state index in [0.29, 0.717) is 10.8 Å². The molecule has 0 fully saturated rings. The number of nitrogens with one attached hydrogen (secondary N) is 1. The van der Waals surface area contributed by atoms with Gasteiger partial charge in [0, 0.05) is 6.20 Å². The number of carbonyl (C=O) groups is 1. The molecule has 0 saturated carbocycles. The number of aromatic nitrogens is 1. The summed E-state index contributed by atoms with van der Waals surface area (Å²) in [7, 11) is 1.61. The summed E-state index contributed by atoms with van der Waals surface area (Å²) in [6, 6.07) is 9.05. The second kappa shape index (κ2) is 6.39. The molecule has 1 aromatic carbocycles. The van der Waals surface area contributed by atoms with Gasteiger partial charge in [-0.05, 0) is 36.2 Å². The summed E-state index contributed by atoms with van der Waals surface area (Å²) in [6.45, 7) is 1.96. The largest absolute Gasteiger partial charge is 0.496 e. The van der Waals surface area contributed by atoms with Crippen LogP contribution in [0.4, 0.5) is 5.82 Å². The molecular formula is C15H15ClN2O2. The number of nitrogens with zero attached hydrogens (tertiary/aromatic N) is 1. The fourth-order valence-electron chi connectivity index (χ4n) is 1.80. The fourth-order valence-corrected chi connectivity index (χ4v) is 1.91. The van der Waals surface area contributed by atoms with Crippen molar-refractivity contribution in [3.05, 3.63) is 52.7 Å². The Morgan fingerprint density at radius 1 is 1.35 bits per heavy atom. The van der Waals surface area contributed by atoms with Gasteiger partial charge in [-0.3, -0.25) is 4.79 Å². The summed E-state index contributed by atoms with van der Waals surface area (Å²) in [6.07, 6.45) is 1.76. The van der Waals surface area contributed by atoms with Crippen molar-refractivity contribution in [1.29, 1.82) is 0 Å². The highest BCUT2D eigenvalue weighted by molar-refractivity contribution is 6.30. The van der Waals surface area contributed by atoms with Crippen molar-refractivity contribution in [2.75, 3.05) is 12.4 Å². The van der Waals surface area contributed by atoms with E-state index < -0.39 is 0 Å². The zero-order valence-corrected chi connectivity index (χ0v) is 12.1. The molecule has 20 heavy (non-hydrogen) atoms. The Hall–Kier alpha value is -2.07. The van der Waals surface area contributed by atoms with Gasteiger partial charge in [0.25, 0.3) is 0 Å². The van der Waals surface area contributed by atoms with Gasteiger partial charge in [-0.1, -0.05) is 23.7 Å². The molecule has 0 aliphatic rings. The number of methoxy groups -OCH3 is 1. The van der Waals surface area contributed by atoms with E-state index >= 15 is 0 Å². The molecule has 0 aliphatic carbocycles. The molecule has 5 heteroatoms. The average molecular weight is 291 g/mol. The second-order valence-electron chi connectivity index (χ2n) is 4.39. The Morgan fingerprint density at radius 3 is 2.80 bits per heavy atom. The normalized spacial score (nSPS) is 10.2. The lowest BCUT2D eigenvalue weighted by Gasteiger charge is -2.08. The lowest BCUT2D eigenvalue weighted by atomic mass is 10.1. The zero-order chi connectivity index (χ0) is 14.5. The van der Waals surface area contributed by atoms with Crippen molar-refractivity contribution in [3.63, 3.8) is 0 Å². The maximum Gasteiger partial charge on any atom is 0.229 e. The average Bonchev–Trinajstić information content (AvgIpc) is 2.43. The van der Waals surface area contributed by atoms with Crippen LogP contribution >= 0.6 is 11.6 Å². The molecule has 104 valence electrons. The number of ether oxygens (including phenoxy) is 1. The number of hydrogen-bond acceptors (Lipinski definition) is 3. The highest BCUT2D eigenvalue weighted by Gasteiger charge is 2.07. The Bertz CT molecular complexity index is 612. The third-order valence-corrected chi connectivity index (χ3v) is 3.06. The molecule has 0 bridgehead atoms. The molecule has 0 unspecified atom stereocenters. The Balaban J connectivity index is 2.02. The predicted molar refractivity (Wildman–Crippen MR) is 79.3 cm³/mol. The smallest absolute Gasteiger partial charge is 0.229 e. The number of carbonyl (C=O) groups excluding carboxylic acids is 1. The minimum absolute atomic E-state index is 0.134. The highest BCUT2D eigenvalue weighted by atomic mass is 35.5. The molecule has 1 N–H and O–H groups in total. The third kappa shape index (κ3) is 3.71. The molecule has 0 aliphatic heterocycles. The summed E-state index contributed by atoms with van der Waals surface area (Å²) in [5, 5.41) is 3.25. The first-order valence-electron chi connectivity index (χ1n) is 6.13. The van der Waals surface area contributed by atoms with E-state index in [-0.39, 0.29) is 12.3 Å². The molecule has 0 saturated heterocycles. The van der Waals surface area contributed by atoms with Crippen molar-refractivity contribution < 1.29 is 9.53 Å². The Labute approximate surface area is 122 Å². The van der Waals surface area contributed by atoms with Crippen LogP contribution in [0.2, 0.25) is 5.02 Å². The molecule has 1 heterocycles. The number of anilines is 1. The zero-order valence-electron chi connectivity index (χ0n) is 11.3. The molecule has 2 rings (SSSR count). The first-order valence-corrected chi connectivity index (χ1v) is 6.51. The van der Waals surface area contributed by atoms with Gasteiger partial charge in [-0.25, -0.2) is 4.98 Å². The number of benzene rings is 1. The molecule has 1 aromatic heterocycles. The molecule has 0 radical (unpaired) electrons. The van der Waals surface area contributed by atoms with E-state index in [4.69, 9.17) is 16.3 Å². The summed E-state index contributed by atoms with van der Waals surface area (Å²) in [4.78, 5) is 15.9. The van der Waals surface area contributed by atoms with Crippen molar-refractivity contribution in [2.24, 2.45) is 0 Å². The van der Waals surface area contributed by atoms with Crippen molar-refractivity contribution in [2.45, 2.75) is 13.3 Å². The summed E-state index contributed by atoms with van der Waals surface area (Å²) >= 11 is 5.74. The molecule has 1 amide bonds. The van der Waals surface area contributed by atoms with Crippen molar-refractivity contribution >= 4 is 23.3 Å². The summed E-state index contributed by atoms with van der Waals surface area (Å²) in [5.74, 6) is 1.13. The lowest BCUT2D eigenvalue weighted by molar-refractivity contribution is -0.115. The summed E-state index contributed by atoms with van der Waals surface area (Å²) in [5.41, 5.74) is 1.93. The van der Waals surface area contributed by atoms with Crippen LogP contribution in [0.15, 0.2) is 36.5 Å². The van der Waals surface area contributed by atoms with E-state index in [1.807, 2.05) is 25.1 Å². The topological polar surface area (TPSA) is 51.2 Å². The standard InChI is InChI=1S/C15H15ClN2O2/c1-10-3-4-11(7-13(10)20-2)8-15(19)18-14-6-5-12(16)9-17-14/h3-7,9H,8H2,1-2H3,(H,17,18,19). The van der Waals surface area contributed by atoms with Crippen LogP contribution in [-0.4, -0.2) is 18.0 Å². The minimum Gasteiger partial charge on any atom is -0.496 e. The van der Waals surface area contributed by atoms with Crippen LogP contribution in [0.25, 0.3) is 0 Å². The molecular weight excluding hydrogens is 276 g/mol. The van der Waals surface area contributed by atoms with Gasteiger partial charge in [0.15, 0.2) is 0 Å². The van der Waals surface area contributed by atoms with Crippen molar-refractivity contribution in [3.8, 4) is 5.75 Å². The number of hydrogen-bond donors (Lipinski definition) is 1. The SMILES string of the molecule is COc1cc(CC(=O)Nc2ccc(Cl)cn2)ccc1C. The van der Waals surface area contributed by atoms with E-state index in [0.717, 1.165) is 16.9 Å². The minimum atomic E-state index is -0.134. The van der Waals surface area contributed by atoms with E-state index in [1.54, 1.807) is 19.2 Å². The van der Waals surface area contributed by atoms with Gasteiger partial charge in [-0.2, -0.15) is 0 Å². The van der Waals surface area contributed by atoms with Gasteiger partial charge < -0.3 is 10.1 Å². The predicted octanol–water partition coefficient (Wildman–Crippen LogP) is 3.23. The molecule has 0 atom stereocenters. The van der Waals surface area contributed by atoms with Crippen LogP contribution in [0.1, 0.15) is 11.1 Å². The highest BCUT2D eigenvalue weighted by Crippen LogP contribution is 2.19. The monoisotopic (exact) mass is 290 g/mol. The van der Waals surface area contributed by atoms with Gasteiger partial charge >= 0.3 is 0 Å².